The van der Waals surface area contributed by atoms with Gasteiger partial charge in [-0.2, -0.15) is 0 Å². The van der Waals surface area contributed by atoms with Gasteiger partial charge < -0.3 is 9.72 Å². The molecule has 0 amide bonds. The molecule has 2 saturated carbocycles. The average Bonchev–Trinajstić information content (AvgIpc) is 3.27. The predicted octanol–water partition coefficient (Wildman–Crippen LogP) is 2.96. The highest BCUT2D eigenvalue weighted by Crippen LogP contribution is 2.64. The molecule has 0 spiro atoms. The topological polar surface area (TPSA) is 105 Å². The third kappa shape index (κ3) is 3.69. The highest BCUT2D eigenvalue weighted by atomic mass is 32.2. The first kappa shape index (κ1) is 22.0. The molecule has 2 aliphatic carbocycles. The number of H-pyrrole nitrogens is 1. The van der Waals surface area contributed by atoms with E-state index in [0.29, 0.717) is 12.8 Å². The van der Waals surface area contributed by atoms with Crippen LogP contribution in [0.25, 0.3) is 10.9 Å². The van der Waals surface area contributed by atoms with Gasteiger partial charge in [-0.1, -0.05) is 32.0 Å². The Morgan fingerprint density at radius 2 is 2.06 bits per heavy atom. The summed E-state index contributed by atoms with van der Waals surface area (Å²) in [5, 5.41) is 0.931. The molecule has 2 bridgehead atoms. The molecule has 0 aliphatic heterocycles. The van der Waals surface area contributed by atoms with E-state index in [2.05, 4.69) is 9.71 Å². The molecule has 31 heavy (non-hydrogen) atoms. The maximum atomic E-state index is 13.2. The molecule has 168 valence electrons. The number of hydrogen-bond donors (Lipinski definition) is 2. The second kappa shape index (κ2) is 7.74. The zero-order valence-corrected chi connectivity index (χ0v) is 19.1. The van der Waals surface area contributed by atoms with E-state index in [4.69, 9.17) is 4.74 Å². The Kier molecular flexibility index (Phi) is 5.50. The van der Waals surface area contributed by atoms with Crippen LogP contribution in [0.5, 0.6) is 0 Å². The molecule has 2 aliphatic rings. The summed E-state index contributed by atoms with van der Waals surface area (Å²) in [6.45, 7) is 5.84. The molecule has 1 aromatic heterocycles. The maximum Gasteiger partial charge on any atom is 0.324 e. The minimum atomic E-state index is -3.91. The Labute approximate surface area is 183 Å². The number of hydrogen-bond acceptors (Lipinski definition) is 5. The van der Waals surface area contributed by atoms with E-state index in [1.165, 1.54) is 0 Å². The fourth-order valence-electron chi connectivity index (χ4n) is 5.63. The van der Waals surface area contributed by atoms with Gasteiger partial charge in [0.05, 0.1) is 12.4 Å². The normalized spacial score (nSPS) is 25.8. The summed E-state index contributed by atoms with van der Waals surface area (Å²) in [5.74, 6) is -0.646. The lowest BCUT2D eigenvalue weighted by Gasteiger charge is -2.36. The summed E-state index contributed by atoms with van der Waals surface area (Å²) in [7, 11) is -3.91. The zero-order chi connectivity index (χ0) is 22.4. The van der Waals surface area contributed by atoms with Crippen LogP contribution in [-0.2, 0) is 30.8 Å². The van der Waals surface area contributed by atoms with Gasteiger partial charge in [-0.05, 0) is 42.7 Å². The lowest BCUT2D eigenvalue weighted by Crippen LogP contribution is -2.50. The molecule has 2 aromatic rings. The van der Waals surface area contributed by atoms with Crippen LogP contribution in [-0.4, -0.2) is 43.6 Å². The fraction of sp³-hybridized carbons (Fsp3) is 0.565. The number of sulfonamides is 1. The van der Waals surface area contributed by atoms with E-state index in [9.17, 15) is 18.0 Å². The van der Waals surface area contributed by atoms with Gasteiger partial charge in [0.1, 0.15) is 11.8 Å². The molecule has 1 heterocycles. The largest absolute Gasteiger partial charge is 0.465 e. The summed E-state index contributed by atoms with van der Waals surface area (Å²) >= 11 is 0. The third-order valence-electron chi connectivity index (χ3n) is 7.57. The van der Waals surface area contributed by atoms with E-state index in [0.717, 1.165) is 22.9 Å². The summed E-state index contributed by atoms with van der Waals surface area (Å²) in [4.78, 5) is 28.6. The van der Waals surface area contributed by atoms with Crippen molar-refractivity contribution in [2.75, 3.05) is 12.4 Å². The molecule has 4 rings (SSSR count). The molecule has 0 saturated heterocycles. The van der Waals surface area contributed by atoms with Gasteiger partial charge in [-0.3, -0.25) is 9.59 Å². The summed E-state index contributed by atoms with van der Waals surface area (Å²) in [5.41, 5.74) is 0.489. The maximum absolute atomic E-state index is 13.2. The summed E-state index contributed by atoms with van der Waals surface area (Å²) < 4.78 is 34.2. The number of ketones is 1. The van der Waals surface area contributed by atoms with E-state index < -0.39 is 27.4 Å². The number of para-hydroxylation sites is 1. The van der Waals surface area contributed by atoms with Gasteiger partial charge in [0, 0.05) is 35.4 Å². The van der Waals surface area contributed by atoms with Gasteiger partial charge >= 0.3 is 5.97 Å². The molecular formula is C23H30N2O5S. The van der Waals surface area contributed by atoms with Gasteiger partial charge in [0.25, 0.3) is 0 Å². The van der Waals surface area contributed by atoms with E-state index in [-0.39, 0.29) is 35.9 Å². The summed E-state index contributed by atoms with van der Waals surface area (Å²) in [6, 6.07) is 6.59. The van der Waals surface area contributed by atoms with Crippen molar-refractivity contribution in [3.05, 3.63) is 36.0 Å². The minimum absolute atomic E-state index is 0.0310. The number of ether oxygens (including phenoxy) is 1. The van der Waals surface area contributed by atoms with Crippen molar-refractivity contribution in [3.8, 4) is 0 Å². The highest BCUT2D eigenvalue weighted by molar-refractivity contribution is 7.89. The van der Waals surface area contributed by atoms with Crippen molar-refractivity contribution < 1.29 is 22.7 Å². The molecule has 0 radical (unpaired) electrons. The van der Waals surface area contributed by atoms with Crippen molar-refractivity contribution in [2.45, 2.75) is 52.5 Å². The van der Waals surface area contributed by atoms with Crippen molar-refractivity contribution in [1.82, 2.24) is 9.71 Å². The first-order valence-corrected chi connectivity index (χ1v) is 12.5. The number of Topliss-reactive ketones (excluding diaryl/α,β-unsaturated/α-hetero) is 1. The number of nitrogens with one attached hydrogen (secondary N) is 2. The lowest BCUT2D eigenvalue weighted by atomic mass is 9.70. The first-order chi connectivity index (χ1) is 14.6. The molecule has 8 heteroatoms. The molecule has 7 nitrogen and oxygen atoms in total. The van der Waals surface area contributed by atoms with E-state index >= 15 is 0 Å². The van der Waals surface area contributed by atoms with Gasteiger partial charge in [0.15, 0.2) is 0 Å². The summed E-state index contributed by atoms with van der Waals surface area (Å²) in [6.07, 6.45) is 3.84. The van der Waals surface area contributed by atoms with Crippen LogP contribution in [0.1, 0.15) is 45.6 Å². The fourth-order valence-corrected chi connectivity index (χ4v) is 7.65. The molecule has 0 unspecified atom stereocenters. The van der Waals surface area contributed by atoms with E-state index in [1.807, 2.05) is 38.1 Å². The third-order valence-corrected chi connectivity index (χ3v) is 9.08. The van der Waals surface area contributed by atoms with Crippen LogP contribution in [0, 0.1) is 16.7 Å². The predicted molar refractivity (Wildman–Crippen MR) is 118 cm³/mol. The number of carbonyl (C=O) groups excluding carboxylic acids is 2. The number of benzene rings is 1. The SMILES string of the molecule is CCOC(=O)[C@@H](Cc1c[nH]c2ccccc12)NS(=O)(=O)C[C@]12CC[C@@H](CC1=O)C2(C)C. The zero-order valence-electron chi connectivity index (χ0n) is 18.2. The molecule has 3 atom stereocenters. The monoisotopic (exact) mass is 446 g/mol. The number of rotatable bonds is 8. The number of carbonyl (C=O) groups is 2. The Hall–Kier alpha value is -2.19. The van der Waals surface area contributed by atoms with Gasteiger partial charge in [0.2, 0.25) is 10.0 Å². The number of fused-ring (bicyclic) bond motifs is 3. The van der Waals surface area contributed by atoms with E-state index in [1.54, 1.807) is 13.1 Å². The van der Waals surface area contributed by atoms with Crippen LogP contribution in [0.2, 0.25) is 0 Å². The number of aromatic amines is 1. The second-order valence-electron chi connectivity index (χ2n) is 9.41. The Morgan fingerprint density at radius 1 is 1.32 bits per heavy atom. The minimum Gasteiger partial charge on any atom is -0.465 e. The molecule has 2 N–H and O–H groups in total. The van der Waals surface area contributed by atoms with Crippen molar-refractivity contribution in [2.24, 2.45) is 16.7 Å². The lowest BCUT2D eigenvalue weighted by molar-refractivity contribution is -0.145. The van der Waals surface area contributed by atoms with Crippen molar-refractivity contribution in [1.29, 1.82) is 0 Å². The number of esters is 1. The van der Waals surface area contributed by atoms with Crippen molar-refractivity contribution >= 4 is 32.7 Å². The Bertz CT molecular complexity index is 1120. The average molecular weight is 447 g/mol. The van der Waals surface area contributed by atoms with Crippen LogP contribution >= 0.6 is 0 Å². The van der Waals surface area contributed by atoms with Crippen LogP contribution in [0.15, 0.2) is 30.5 Å². The number of aromatic nitrogens is 1. The van der Waals surface area contributed by atoms with Gasteiger partial charge in [-0.25, -0.2) is 13.1 Å². The molecule has 1 aromatic carbocycles. The standard InChI is InChI=1S/C23H30N2O5S/c1-4-30-21(27)19(11-15-13-24-18-8-6-5-7-17(15)18)25-31(28,29)14-23-10-9-16(12-20(23)26)22(23,2)3/h5-8,13,16,19,24-25H,4,9-12,14H2,1-3H3/t16-,19+,23+/m0/s1. The molecular weight excluding hydrogens is 416 g/mol. The van der Waals surface area contributed by atoms with Crippen molar-refractivity contribution in [3.63, 3.8) is 0 Å². The molecule has 2 fully saturated rings. The van der Waals surface area contributed by atoms with Crippen LogP contribution in [0.4, 0.5) is 0 Å². The smallest absolute Gasteiger partial charge is 0.324 e. The highest BCUT2D eigenvalue weighted by Gasteiger charge is 2.65. The second-order valence-corrected chi connectivity index (χ2v) is 11.2. The van der Waals surface area contributed by atoms with Crippen LogP contribution in [0.3, 0.4) is 0 Å². The van der Waals surface area contributed by atoms with Gasteiger partial charge in [-0.15, -0.1) is 0 Å². The Balaban J connectivity index is 1.59. The van der Waals surface area contributed by atoms with Crippen LogP contribution < -0.4 is 4.72 Å². The quantitative estimate of drug-likeness (QED) is 0.607. The Morgan fingerprint density at radius 3 is 2.71 bits per heavy atom. The first-order valence-electron chi connectivity index (χ1n) is 10.8.